The van der Waals surface area contributed by atoms with E-state index >= 15 is 0 Å². The average Bonchev–Trinajstić information content (AvgIpc) is 3.34. The van der Waals surface area contributed by atoms with E-state index in [0.717, 1.165) is 41.8 Å². The van der Waals surface area contributed by atoms with Gasteiger partial charge < -0.3 is 0 Å². The number of benzene rings is 4. The monoisotopic (exact) mass is 424 g/mol. The first-order valence-electron chi connectivity index (χ1n) is 11.5. The Kier molecular flexibility index (Phi) is 5.04. The summed E-state index contributed by atoms with van der Waals surface area (Å²) < 4.78 is 0. The van der Waals surface area contributed by atoms with E-state index in [4.69, 9.17) is 0 Å². The molecule has 0 atom stereocenters. The molecule has 0 spiro atoms. The summed E-state index contributed by atoms with van der Waals surface area (Å²) in [6.07, 6.45) is 6.29. The van der Waals surface area contributed by atoms with E-state index in [0.29, 0.717) is 0 Å². The largest absolute Gasteiger partial charge is 0.235 e. The second-order valence-electron chi connectivity index (χ2n) is 8.83. The third-order valence-electron chi connectivity index (χ3n) is 6.32. The number of aliphatic imine (C=N–C) groups is 2. The number of hydrogen-bond donors (Lipinski definition) is 0. The molecule has 2 aliphatic rings. The zero-order chi connectivity index (χ0) is 22.0. The fraction of sp³-hybridized carbons (Fsp3) is 0.0968. The number of rotatable bonds is 0. The van der Waals surface area contributed by atoms with Gasteiger partial charge in [0, 0.05) is 18.0 Å². The van der Waals surface area contributed by atoms with Crippen molar-refractivity contribution in [1.82, 2.24) is 0 Å². The van der Waals surface area contributed by atoms with Gasteiger partial charge in [-0.2, -0.15) is 0 Å². The van der Waals surface area contributed by atoms with E-state index < -0.39 is 0 Å². The first-order valence-corrected chi connectivity index (χ1v) is 11.5. The summed E-state index contributed by atoms with van der Waals surface area (Å²) >= 11 is 0. The molecule has 2 nitrogen and oxygen atoms in total. The van der Waals surface area contributed by atoms with E-state index in [1.165, 1.54) is 33.4 Å². The molecule has 33 heavy (non-hydrogen) atoms. The van der Waals surface area contributed by atoms with Crippen LogP contribution >= 0.6 is 0 Å². The van der Waals surface area contributed by atoms with Gasteiger partial charge in [0.1, 0.15) is 0 Å². The molecule has 1 heterocycles. The van der Waals surface area contributed by atoms with Crippen molar-refractivity contribution in [3.05, 3.63) is 147 Å². The van der Waals surface area contributed by atoms with E-state index in [2.05, 4.69) is 107 Å². The molecule has 0 radical (unpaired) electrons. The maximum Gasteiger partial charge on any atom is 0.160 e. The van der Waals surface area contributed by atoms with E-state index in [1.54, 1.807) is 12.4 Å². The lowest BCUT2D eigenvalue weighted by molar-refractivity contribution is 1.11. The fourth-order valence-electron chi connectivity index (χ4n) is 4.88. The lowest BCUT2D eigenvalue weighted by atomic mass is 9.91. The summed E-state index contributed by atoms with van der Waals surface area (Å²) in [4.78, 5) is 9.14. The third kappa shape index (κ3) is 4.20. The first-order chi connectivity index (χ1) is 16.3. The van der Waals surface area contributed by atoms with Gasteiger partial charge in [0.2, 0.25) is 0 Å². The molecule has 158 valence electrons. The van der Waals surface area contributed by atoms with Crippen LogP contribution in [0.25, 0.3) is 5.57 Å². The van der Waals surface area contributed by atoms with Gasteiger partial charge in [-0.1, -0.05) is 97.1 Å². The molecule has 8 bridgehead atoms. The van der Waals surface area contributed by atoms with Crippen LogP contribution in [0, 0.1) is 0 Å². The van der Waals surface area contributed by atoms with Crippen LogP contribution in [-0.4, -0.2) is 12.4 Å². The van der Waals surface area contributed by atoms with Gasteiger partial charge in [-0.3, -0.25) is 0 Å². The van der Waals surface area contributed by atoms with Crippen LogP contribution in [0.15, 0.2) is 113 Å². The maximum absolute atomic E-state index is 4.57. The molecular formula is C31H24N2. The highest BCUT2D eigenvalue weighted by molar-refractivity contribution is 6.19. The van der Waals surface area contributed by atoms with Gasteiger partial charge in [-0.15, -0.1) is 0 Å². The zero-order valence-corrected chi connectivity index (χ0v) is 18.4. The molecular weight excluding hydrogens is 400 g/mol. The Hall–Kier alpha value is -4.04. The SMILES string of the molecule is C1=NC(=C2c3cccc(c3)Cc3cccc(c3)Cc3cccc(c3)Cc3cccc2c3)N=C1. The van der Waals surface area contributed by atoms with Gasteiger partial charge in [0.15, 0.2) is 5.82 Å². The summed E-state index contributed by atoms with van der Waals surface area (Å²) in [5, 5.41) is 0. The molecule has 1 aliphatic carbocycles. The Morgan fingerprint density at radius 1 is 0.424 bits per heavy atom. The first kappa shape index (κ1) is 19.6. The van der Waals surface area contributed by atoms with Crippen molar-refractivity contribution in [1.29, 1.82) is 0 Å². The molecule has 0 unspecified atom stereocenters. The summed E-state index contributed by atoms with van der Waals surface area (Å²) in [5.41, 5.74) is 11.3. The van der Waals surface area contributed by atoms with Crippen molar-refractivity contribution in [2.24, 2.45) is 9.98 Å². The predicted octanol–water partition coefficient (Wildman–Crippen LogP) is 6.64. The van der Waals surface area contributed by atoms with Gasteiger partial charge >= 0.3 is 0 Å². The Morgan fingerprint density at radius 2 is 0.788 bits per heavy atom. The molecule has 0 amide bonds. The smallest absolute Gasteiger partial charge is 0.160 e. The fourth-order valence-corrected chi connectivity index (χ4v) is 4.88. The summed E-state index contributed by atoms with van der Waals surface area (Å²) in [5.74, 6) is 0.773. The molecule has 4 aromatic carbocycles. The van der Waals surface area contributed by atoms with E-state index in [1.807, 2.05) is 0 Å². The van der Waals surface area contributed by atoms with Crippen molar-refractivity contribution >= 4 is 18.0 Å². The lowest BCUT2D eigenvalue weighted by Crippen LogP contribution is -1.98. The second kappa shape index (κ2) is 8.48. The van der Waals surface area contributed by atoms with Crippen molar-refractivity contribution in [2.75, 3.05) is 0 Å². The molecule has 0 aromatic heterocycles. The molecule has 0 saturated carbocycles. The number of fused-ring (bicyclic) bond motifs is 8. The van der Waals surface area contributed by atoms with Gasteiger partial charge in [0.05, 0.1) is 0 Å². The minimum absolute atomic E-state index is 0.773. The van der Waals surface area contributed by atoms with Gasteiger partial charge in [-0.05, 0) is 63.8 Å². The van der Waals surface area contributed by atoms with E-state index in [-0.39, 0.29) is 0 Å². The minimum Gasteiger partial charge on any atom is -0.235 e. The van der Waals surface area contributed by atoms with Crippen molar-refractivity contribution in [3.8, 4) is 0 Å². The zero-order valence-electron chi connectivity index (χ0n) is 18.4. The van der Waals surface area contributed by atoms with Crippen LogP contribution in [0.5, 0.6) is 0 Å². The Morgan fingerprint density at radius 3 is 1.21 bits per heavy atom. The molecule has 0 saturated heterocycles. The molecule has 0 N–H and O–H groups in total. The molecule has 0 fully saturated rings. The van der Waals surface area contributed by atoms with Crippen molar-refractivity contribution in [2.45, 2.75) is 19.3 Å². The highest BCUT2D eigenvalue weighted by Gasteiger charge is 2.15. The van der Waals surface area contributed by atoms with Crippen molar-refractivity contribution < 1.29 is 0 Å². The Balaban J connectivity index is 1.55. The van der Waals surface area contributed by atoms with Gasteiger partial charge in [-0.25, -0.2) is 9.98 Å². The van der Waals surface area contributed by atoms with Crippen LogP contribution < -0.4 is 0 Å². The molecule has 2 heteroatoms. The van der Waals surface area contributed by atoms with Crippen LogP contribution in [0.4, 0.5) is 0 Å². The third-order valence-corrected chi connectivity index (χ3v) is 6.32. The van der Waals surface area contributed by atoms with Gasteiger partial charge in [0.25, 0.3) is 0 Å². The van der Waals surface area contributed by atoms with Crippen LogP contribution in [0.2, 0.25) is 0 Å². The van der Waals surface area contributed by atoms with Crippen LogP contribution in [-0.2, 0) is 19.3 Å². The second-order valence-corrected chi connectivity index (χ2v) is 8.83. The number of nitrogens with zero attached hydrogens (tertiary/aromatic N) is 2. The Bertz CT molecular complexity index is 1330. The predicted molar refractivity (Wildman–Crippen MR) is 137 cm³/mol. The van der Waals surface area contributed by atoms with E-state index in [9.17, 15) is 0 Å². The topological polar surface area (TPSA) is 24.7 Å². The maximum atomic E-state index is 4.57. The molecule has 6 rings (SSSR count). The normalized spacial score (nSPS) is 14.5. The van der Waals surface area contributed by atoms with Crippen molar-refractivity contribution in [3.63, 3.8) is 0 Å². The minimum atomic E-state index is 0.773. The Labute approximate surface area is 194 Å². The molecule has 1 aliphatic heterocycles. The standard InChI is InChI=1S/C31H24N2/c1-5-22-15-23-6-2-8-25(17-23)19-27-10-4-12-29(21-27)30(31-32-13-14-33-31)28-11-3-9-26(20-28)18-24(7-1)16-22/h1-14,16-17,20-21H,15,18-19H2. The highest BCUT2D eigenvalue weighted by Crippen LogP contribution is 2.31. The molecule has 4 aromatic rings. The number of hydrogen-bond acceptors (Lipinski definition) is 2. The van der Waals surface area contributed by atoms with Crippen LogP contribution in [0.3, 0.4) is 0 Å². The average molecular weight is 425 g/mol. The summed E-state index contributed by atoms with van der Waals surface area (Å²) in [6.45, 7) is 0. The summed E-state index contributed by atoms with van der Waals surface area (Å²) in [6, 6.07) is 35.6. The van der Waals surface area contributed by atoms with Crippen LogP contribution in [0.1, 0.15) is 44.5 Å². The quantitative estimate of drug-likeness (QED) is 0.266. The lowest BCUT2D eigenvalue weighted by Gasteiger charge is -2.14. The highest BCUT2D eigenvalue weighted by atomic mass is 15.0. The summed E-state index contributed by atoms with van der Waals surface area (Å²) in [7, 11) is 0.